The quantitative estimate of drug-likeness (QED) is 0.203. The van der Waals surface area contributed by atoms with Gasteiger partial charge in [-0.1, -0.05) is 39.0 Å². The number of fused-ring (bicyclic) bond motifs is 2. The smallest absolute Gasteiger partial charge is 0.251 e. The molecule has 3 saturated carbocycles. The van der Waals surface area contributed by atoms with Crippen molar-refractivity contribution >= 4 is 17.5 Å². The third kappa shape index (κ3) is 7.42. The first kappa shape index (κ1) is 37.7. The first-order valence-electron chi connectivity index (χ1n) is 18.5. The Kier molecular flexibility index (Phi) is 11.3. The van der Waals surface area contributed by atoms with Crippen molar-refractivity contribution in [1.82, 2.24) is 20.7 Å². The molecule has 8 atom stereocenters. The molecular formula is C41H55N5O6. The number of carbonyl (C=O) groups excluding carboxylic acids is 2. The number of benzene rings is 2. The lowest BCUT2D eigenvalue weighted by Gasteiger charge is -2.62. The fraction of sp³-hybridized carbons (Fsp3) is 0.537. The number of rotatable bonds is 13. The molecule has 0 unspecified atom stereocenters. The number of hydrogen-bond acceptors (Lipinski definition) is 9. The van der Waals surface area contributed by atoms with Gasteiger partial charge in [0.1, 0.15) is 17.9 Å². The zero-order valence-corrected chi connectivity index (χ0v) is 31.5. The minimum absolute atomic E-state index is 0.0397. The van der Waals surface area contributed by atoms with Crippen molar-refractivity contribution in [3.63, 3.8) is 0 Å². The number of aromatic nitrogens is 1. The molecule has 4 fully saturated rings. The Morgan fingerprint density at radius 1 is 1.13 bits per heavy atom. The van der Waals surface area contributed by atoms with Gasteiger partial charge in [-0.25, -0.2) is 0 Å². The van der Waals surface area contributed by atoms with Crippen molar-refractivity contribution in [2.75, 3.05) is 39.3 Å². The van der Waals surface area contributed by atoms with E-state index < -0.39 is 24.2 Å². The van der Waals surface area contributed by atoms with E-state index in [0.717, 1.165) is 34.4 Å². The summed E-state index contributed by atoms with van der Waals surface area (Å²) in [6, 6.07) is 14.6. The molecule has 1 aliphatic heterocycles. The van der Waals surface area contributed by atoms with Gasteiger partial charge >= 0.3 is 0 Å². The van der Waals surface area contributed by atoms with Crippen LogP contribution >= 0.6 is 0 Å². The summed E-state index contributed by atoms with van der Waals surface area (Å²) < 4.78 is 6.05. The number of nitrogens with zero attached hydrogens (tertiary/aromatic N) is 3. The molecule has 3 aliphatic carbocycles. The van der Waals surface area contributed by atoms with Crippen molar-refractivity contribution in [2.45, 2.75) is 77.8 Å². The standard InChI is InChI=1S/C41H55N5O6/c1-24-33-20-30(41(33,3)4)21-34(24)44-40(50)37-36(25(2)48)35(23-47)52-46(37)22-27-9-8-10-32(38(27)51-7)28-17-29(19-31(18-28)45(5)6)39(49)43-16-13-26-11-14-42-15-12-26/h8-12,14-15,17-19,24-25,30,33-37,47-48H,13,16,20-23H2,1-7H3,(H,43,49)(H,44,50)/t24-,25-,30+,33-,34-,35-,36-,37-/m0/s1. The highest BCUT2D eigenvalue weighted by Gasteiger charge is 2.57. The average Bonchev–Trinajstić information content (AvgIpc) is 3.51. The van der Waals surface area contributed by atoms with E-state index >= 15 is 0 Å². The number of anilines is 1. The molecule has 2 heterocycles. The number of pyridine rings is 1. The molecule has 11 heteroatoms. The number of methoxy groups -OCH3 is 1. The summed E-state index contributed by atoms with van der Waals surface area (Å²) in [4.78, 5) is 39.9. The van der Waals surface area contributed by atoms with Gasteiger partial charge in [-0.05, 0) is 90.8 Å². The van der Waals surface area contributed by atoms with Gasteiger partial charge in [0, 0.05) is 67.4 Å². The predicted octanol–water partition coefficient (Wildman–Crippen LogP) is 4.46. The lowest BCUT2D eigenvalue weighted by Crippen LogP contribution is -2.62. The summed E-state index contributed by atoms with van der Waals surface area (Å²) in [5.74, 6) is 1.02. The Morgan fingerprint density at radius 3 is 2.52 bits per heavy atom. The van der Waals surface area contributed by atoms with Gasteiger partial charge < -0.3 is 30.5 Å². The van der Waals surface area contributed by atoms with Crippen LogP contribution in [-0.2, 0) is 22.6 Å². The summed E-state index contributed by atoms with van der Waals surface area (Å²) in [6.45, 7) is 8.86. The fourth-order valence-electron chi connectivity index (χ4n) is 8.96. The first-order valence-corrected chi connectivity index (χ1v) is 18.5. The molecule has 52 heavy (non-hydrogen) atoms. The second-order valence-corrected chi connectivity index (χ2v) is 15.8. The van der Waals surface area contributed by atoms with E-state index in [-0.39, 0.29) is 36.4 Å². The minimum Gasteiger partial charge on any atom is -0.496 e. The maximum Gasteiger partial charge on any atom is 0.251 e. The summed E-state index contributed by atoms with van der Waals surface area (Å²) in [6.07, 6.45) is 4.66. The number of aliphatic hydroxyl groups excluding tert-OH is 2. The molecule has 4 aliphatic rings. The minimum atomic E-state index is -0.898. The molecule has 0 radical (unpaired) electrons. The first-order chi connectivity index (χ1) is 24.8. The van der Waals surface area contributed by atoms with Gasteiger partial charge in [0.05, 0.1) is 26.4 Å². The van der Waals surface area contributed by atoms with Crippen molar-refractivity contribution in [3.8, 4) is 16.9 Å². The van der Waals surface area contributed by atoms with E-state index in [1.54, 1.807) is 31.5 Å². The number of nitrogens with one attached hydrogen (secondary N) is 2. The van der Waals surface area contributed by atoms with Crippen LogP contribution in [0.25, 0.3) is 11.1 Å². The highest BCUT2D eigenvalue weighted by atomic mass is 16.7. The Labute approximate surface area is 307 Å². The molecule has 1 saturated heterocycles. The molecule has 7 rings (SSSR count). The van der Waals surface area contributed by atoms with E-state index in [2.05, 4.69) is 36.4 Å². The second-order valence-electron chi connectivity index (χ2n) is 15.8. The van der Waals surface area contributed by atoms with E-state index in [1.165, 1.54) is 6.42 Å². The number of hydroxylamine groups is 2. The maximum atomic E-state index is 14.2. The average molecular weight is 714 g/mol. The van der Waals surface area contributed by atoms with Gasteiger partial charge in [0.15, 0.2) is 0 Å². The Morgan fingerprint density at radius 2 is 1.88 bits per heavy atom. The van der Waals surface area contributed by atoms with E-state index in [0.29, 0.717) is 42.0 Å². The normalized spacial score (nSPS) is 27.0. The summed E-state index contributed by atoms with van der Waals surface area (Å²) >= 11 is 0. The monoisotopic (exact) mass is 713 g/mol. The molecule has 2 bridgehead atoms. The maximum absolute atomic E-state index is 14.2. The molecule has 1 aromatic heterocycles. The Balaban J connectivity index is 1.26. The molecule has 0 spiro atoms. The van der Waals surface area contributed by atoms with Crippen LogP contribution in [0.1, 0.15) is 62.0 Å². The van der Waals surface area contributed by atoms with Gasteiger partial charge in [-0.3, -0.25) is 19.4 Å². The number of aliphatic hydroxyl groups is 2. The molecule has 2 amide bonds. The van der Waals surface area contributed by atoms with Crippen LogP contribution in [0.4, 0.5) is 5.69 Å². The van der Waals surface area contributed by atoms with Gasteiger partial charge in [-0.15, -0.1) is 0 Å². The lowest BCUT2D eigenvalue weighted by molar-refractivity contribution is -0.183. The Hall–Kier alpha value is -4.03. The van der Waals surface area contributed by atoms with Gasteiger partial charge in [0.2, 0.25) is 5.91 Å². The van der Waals surface area contributed by atoms with Crippen LogP contribution in [0.15, 0.2) is 60.9 Å². The van der Waals surface area contributed by atoms with Crippen LogP contribution in [0.3, 0.4) is 0 Å². The van der Waals surface area contributed by atoms with Gasteiger partial charge in [-0.2, -0.15) is 5.06 Å². The van der Waals surface area contributed by atoms with Crippen LogP contribution in [0.2, 0.25) is 0 Å². The molecule has 11 nitrogen and oxygen atoms in total. The molecular weight excluding hydrogens is 658 g/mol. The number of ether oxygens (including phenoxy) is 1. The van der Waals surface area contributed by atoms with E-state index in [1.807, 2.05) is 67.5 Å². The summed E-state index contributed by atoms with van der Waals surface area (Å²) in [5.41, 5.74) is 5.08. The van der Waals surface area contributed by atoms with Crippen molar-refractivity contribution < 1.29 is 29.4 Å². The fourth-order valence-corrected chi connectivity index (χ4v) is 8.96. The van der Waals surface area contributed by atoms with Crippen LogP contribution in [0.5, 0.6) is 5.75 Å². The predicted molar refractivity (Wildman–Crippen MR) is 201 cm³/mol. The second kappa shape index (κ2) is 15.5. The number of para-hydroxylation sites is 1. The van der Waals surface area contributed by atoms with Crippen molar-refractivity contribution in [3.05, 3.63) is 77.6 Å². The third-order valence-electron chi connectivity index (χ3n) is 12.1. The van der Waals surface area contributed by atoms with Gasteiger partial charge in [0.25, 0.3) is 5.91 Å². The summed E-state index contributed by atoms with van der Waals surface area (Å²) in [7, 11) is 5.47. The third-order valence-corrected chi connectivity index (χ3v) is 12.1. The molecule has 4 N–H and O–H groups in total. The lowest BCUT2D eigenvalue weighted by atomic mass is 9.45. The van der Waals surface area contributed by atoms with Crippen molar-refractivity contribution in [2.24, 2.45) is 29.1 Å². The number of hydrogen-bond donors (Lipinski definition) is 4. The topological polar surface area (TPSA) is 136 Å². The van der Waals surface area contributed by atoms with Crippen LogP contribution in [-0.4, -0.2) is 90.7 Å². The Bertz CT molecular complexity index is 1730. The van der Waals surface area contributed by atoms with Crippen LogP contribution in [0, 0.1) is 29.1 Å². The highest BCUT2D eigenvalue weighted by molar-refractivity contribution is 5.97. The highest BCUT2D eigenvalue weighted by Crippen LogP contribution is 2.61. The van der Waals surface area contributed by atoms with E-state index in [4.69, 9.17) is 9.57 Å². The number of amides is 2. The zero-order valence-electron chi connectivity index (χ0n) is 31.5. The largest absolute Gasteiger partial charge is 0.496 e. The molecule has 3 aromatic rings. The van der Waals surface area contributed by atoms with Crippen molar-refractivity contribution in [1.29, 1.82) is 0 Å². The van der Waals surface area contributed by atoms with E-state index in [9.17, 15) is 19.8 Å². The van der Waals surface area contributed by atoms with Crippen LogP contribution < -0.4 is 20.3 Å². The molecule has 280 valence electrons. The number of carbonyl (C=O) groups is 2. The molecule has 2 aromatic carbocycles. The SMILES string of the molecule is COc1c(CN2O[C@@H](CO)[C@H]([C@H](C)O)[C@H]2C(=O)N[C@H]2C[C@H]3C[C@@H]([C@@H]2C)C3(C)C)cccc1-c1cc(C(=O)NCCc2ccncc2)cc(N(C)C)c1. The summed E-state index contributed by atoms with van der Waals surface area (Å²) in [5, 5.41) is 29.2. The zero-order chi connectivity index (χ0) is 37.3.